The van der Waals surface area contributed by atoms with Crippen LogP contribution in [0.25, 0.3) is 16.7 Å². The first-order valence-corrected chi connectivity index (χ1v) is 8.89. The molecule has 2 heterocycles. The number of nitrogens with zero attached hydrogens (tertiary/aromatic N) is 4. The van der Waals surface area contributed by atoms with Crippen LogP contribution >= 0.6 is 11.8 Å². The summed E-state index contributed by atoms with van der Waals surface area (Å²) in [4.78, 5) is 8.83. The van der Waals surface area contributed by atoms with Crippen LogP contribution in [-0.4, -0.2) is 24.9 Å². The first-order valence-electron chi connectivity index (χ1n) is 7.91. The fraction of sp³-hybridized carbons (Fsp3) is 0.105. The number of fused-ring (bicyclic) bond motifs is 1. The van der Waals surface area contributed by atoms with Crippen molar-refractivity contribution >= 4 is 22.8 Å². The SMILES string of the molecule is OCc1ccc(CSc2ncnc3c2cnn3-c2ccccc2)cc1. The Morgan fingerprint density at radius 2 is 1.68 bits per heavy atom. The van der Waals surface area contributed by atoms with Gasteiger partial charge in [-0.3, -0.25) is 0 Å². The number of para-hydroxylation sites is 1. The van der Waals surface area contributed by atoms with Gasteiger partial charge in [0.25, 0.3) is 0 Å². The van der Waals surface area contributed by atoms with E-state index in [0.29, 0.717) is 0 Å². The van der Waals surface area contributed by atoms with Crippen molar-refractivity contribution in [3.63, 3.8) is 0 Å². The van der Waals surface area contributed by atoms with Crippen LogP contribution in [-0.2, 0) is 12.4 Å². The van der Waals surface area contributed by atoms with E-state index in [4.69, 9.17) is 5.11 Å². The summed E-state index contributed by atoms with van der Waals surface area (Å²) in [5.74, 6) is 0.800. The maximum absolute atomic E-state index is 9.12. The number of hydrogen-bond acceptors (Lipinski definition) is 5. The van der Waals surface area contributed by atoms with Gasteiger partial charge in [0.1, 0.15) is 11.4 Å². The zero-order valence-electron chi connectivity index (χ0n) is 13.4. The van der Waals surface area contributed by atoms with Gasteiger partial charge < -0.3 is 5.11 Å². The standard InChI is InChI=1S/C19H16N4OS/c24-11-14-6-8-15(9-7-14)12-25-19-17-10-22-23(18(17)20-13-21-19)16-4-2-1-3-5-16/h1-10,13,24H,11-12H2. The molecule has 4 rings (SSSR count). The maximum atomic E-state index is 9.12. The number of aliphatic hydroxyl groups is 1. The lowest BCUT2D eigenvalue weighted by atomic mass is 10.2. The Morgan fingerprint density at radius 1 is 0.920 bits per heavy atom. The highest BCUT2D eigenvalue weighted by Crippen LogP contribution is 2.28. The average Bonchev–Trinajstić information content (AvgIpc) is 3.12. The highest BCUT2D eigenvalue weighted by molar-refractivity contribution is 7.98. The van der Waals surface area contributed by atoms with Crippen LogP contribution in [0.2, 0.25) is 0 Å². The Hall–Kier alpha value is -2.70. The highest BCUT2D eigenvalue weighted by Gasteiger charge is 2.11. The first-order chi connectivity index (χ1) is 12.3. The second kappa shape index (κ2) is 7.04. The van der Waals surface area contributed by atoms with Crippen molar-refractivity contribution in [3.05, 3.63) is 78.2 Å². The number of rotatable bonds is 5. The molecular formula is C19H16N4OS. The second-order valence-electron chi connectivity index (χ2n) is 5.57. The zero-order chi connectivity index (χ0) is 17.1. The fourth-order valence-corrected chi connectivity index (χ4v) is 3.51. The summed E-state index contributed by atoms with van der Waals surface area (Å²) in [6.45, 7) is 0.0681. The Morgan fingerprint density at radius 3 is 2.44 bits per heavy atom. The lowest BCUT2D eigenvalue weighted by molar-refractivity contribution is 0.282. The van der Waals surface area contributed by atoms with Crippen molar-refractivity contribution in [2.24, 2.45) is 0 Å². The molecule has 4 aromatic rings. The van der Waals surface area contributed by atoms with Crippen molar-refractivity contribution in [2.45, 2.75) is 17.4 Å². The molecule has 0 fully saturated rings. The number of hydrogen-bond donors (Lipinski definition) is 1. The van der Waals surface area contributed by atoms with Crippen molar-refractivity contribution in [1.82, 2.24) is 19.7 Å². The monoisotopic (exact) mass is 348 g/mol. The van der Waals surface area contributed by atoms with E-state index >= 15 is 0 Å². The molecule has 0 aliphatic rings. The fourth-order valence-electron chi connectivity index (χ4n) is 2.59. The third-order valence-electron chi connectivity index (χ3n) is 3.91. The maximum Gasteiger partial charge on any atom is 0.167 e. The largest absolute Gasteiger partial charge is 0.392 e. The van der Waals surface area contributed by atoms with Gasteiger partial charge in [-0.15, -0.1) is 11.8 Å². The van der Waals surface area contributed by atoms with Gasteiger partial charge in [-0.25, -0.2) is 14.6 Å². The summed E-state index contributed by atoms with van der Waals surface area (Å²) in [6, 6.07) is 17.9. The number of aromatic nitrogens is 4. The molecule has 0 saturated heterocycles. The molecule has 0 spiro atoms. The van der Waals surface area contributed by atoms with Crippen LogP contribution in [0.15, 0.2) is 72.1 Å². The molecule has 5 nitrogen and oxygen atoms in total. The lowest BCUT2D eigenvalue weighted by Crippen LogP contribution is -1.97. The molecule has 0 aliphatic heterocycles. The molecule has 0 aliphatic carbocycles. The van der Waals surface area contributed by atoms with Crippen molar-refractivity contribution < 1.29 is 5.11 Å². The molecule has 0 bridgehead atoms. The molecule has 0 saturated carbocycles. The molecular weight excluding hydrogens is 332 g/mol. The summed E-state index contributed by atoms with van der Waals surface area (Å²) in [5, 5.41) is 15.5. The summed E-state index contributed by atoms with van der Waals surface area (Å²) < 4.78 is 1.83. The van der Waals surface area contributed by atoms with Gasteiger partial charge in [-0.1, -0.05) is 42.5 Å². The van der Waals surface area contributed by atoms with Gasteiger partial charge >= 0.3 is 0 Å². The van der Waals surface area contributed by atoms with Crippen LogP contribution in [0.5, 0.6) is 0 Å². The van der Waals surface area contributed by atoms with Crippen molar-refractivity contribution in [3.8, 4) is 5.69 Å². The van der Waals surface area contributed by atoms with E-state index in [1.807, 2.05) is 65.5 Å². The smallest absolute Gasteiger partial charge is 0.167 e. The summed E-state index contributed by atoms with van der Waals surface area (Å²) >= 11 is 1.66. The van der Waals surface area contributed by atoms with Gasteiger partial charge in [0, 0.05) is 5.75 Å². The van der Waals surface area contributed by atoms with E-state index in [1.165, 1.54) is 5.56 Å². The normalized spacial score (nSPS) is 11.1. The highest BCUT2D eigenvalue weighted by atomic mass is 32.2. The molecule has 6 heteroatoms. The molecule has 25 heavy (non-hydrogen) atoms. The van der Waals surface area contributed by atoms with Gasteiger partial charge in [0.15, 0.2) is 5.65 Å². The van der Waals surface area contributed by atoms with E-state index < -0.39 is 0 Å². The van der Waals surface area contributed by atoms with Crippen LogP contribution < -0.4 is 0 Å². The third kappa shape index (κ3) is 3.26. The topological polar surface area (TPSA) is 63.8 Å². The number of thioether (sulfide) groups is 1. The quantitative estimate of drug-likeness (QED) is 0.441. The van der Waals surface area contributed by atoms with E-state index in [1.54, 1.807) is 18.1 Å². The average molecular weight is 348 g/mol. The van der Waals surface area contributed by atoms with Gasteiger partial charge in [-0.05, 0) is 23.3 Å². The molecule has 2 aromatic heterocycles. The van der Waals surface area contributed by atoms with Crippen LogP contribution in [0.3, 0.4) is 0 Å². The molecule has 1 N–H and O–H groups in total. The minimum absolute atomic E-state index is 0.0681. The van der Waals surface area contributed by atoms with E-state index in [2.05, 4.69) is 15.1 Å². The predicted molar refractivity (Wildman–Crippen MR) is 98.6 cm³/mol. The Bertz CT molecular complexity index is 983. The molecule has 0 radical (unpaired) electrons. The number of benzene rings is 2. The van der Waals surface area contributed by atoms with Crippen LogP contribution in [0.4, 0.5) is 0 Å². The van der Waals surface area contributed by atoms with E-state index in [9.17, 15) is 0 Å². The Labute approximate surface area is 149 Å². The third-order valence-corrected chi connectivity index (χ3v) is 4.99. The van der Waals surface area contributed by atoms with Crippen LogP contribution in [0, 0.1) is 0 Å². The van der Waals surface area contributed by atoms with E-state index in [0.717, 1.165) is 33.1 Å². The molecule has 124 valence electrons. The molecule has 2 aromatic carbocycles. The summed E-state index contributed by atoms with van der Waals surface area (Å²) in [5.41, 5.74) is 3.89. The number of aliphatic hydroxyl groups excluding tert-OH is 1. The van der Waals surface area contributed by atoms with Crippen molar-refractivity contribution in [1.29, 1.82) is 0 Å². The van der Waals surface area contributed by atoms with Gasteiger partial charge in [0.2, 0.25) is 0 Å². The van der Waals surface area contributed by atoms with Crippen LogP contribution in [0.1, 0.15) is 11.1 Å². The first kappa shape index (κ1) is 15.8. The molecule has 0 atom stereocenters. The minimum Gasteiger partial charge on any atom is -0.392 e. The summed E-state index contributed by atoms with van der Waals surface area (Å²) in [7, 11) is 0. The van der Waals surface area contributed by atoms with Gasteiger partial charge in [-0.2, -0.15) is 5.10 Å². The Balaban J connectivity index is 1.61. The minimum atomic E-state index is 0.0681. The van der Waals surface area contributed by atoms with Gasteiger partial charge in [0.05, 0.1) is 23.9 Å². The molecule has 0 unspecified atom stereocenters. The van der Waals surface area contributed by atoms with Crippen molar-refractivity contribution in [2.75, 3.05) is 0 Å². The van der Waals surface area contributed by atoms with E-state index in [-0.39, 0.29) is 6.61 Å². The lowest BCUT2D eigenvalue weighted by Gasteiger charge is -2.05. The predicted octanol–water partition coefficient (Wildman–Crippen LogP) is 3.60. The molecule has 0 amide bonds. The second-order valence-corrected chi connectivity index (χ2v) is 6.54. The summed E-state index contributed by atoms with van der Waals surface area (Å²) in [6.07, 6.45) is 3.40. The Kier molecular flexibility index (Phi) is 4.45. The zero-order valence-corrected chi connectivity index (χ0v) is 14.2.